The molecule has 1 aromatic carbocycles. The topological polar surface area (TPSA) is 55.8 Å². The zero-order valence-corrected chi connectivity index (χ0v) is 10.8. The smallest absolute Gasteiger partial charge is 0.339 e. The number of aliphatic hydroxyl groups is 1. The van der Waals surface area contributed by atoms with Crippen molar-refractivity contribution in [1.29, 1.82) is 0 Å². The van der Waals surface area contributed by atoms with Crippen molar-refractivity contribution < 1.29 is 23.8 Å². The van der Waals surface area contributed by atoms with E-state index in [4.69, 9.17) is 9.47 Å². The monoisotopic (exact) mass is 268 g/mol. The molecule has 0 saturated heterocycles. The molecule has 0 radical (unpaired) electrons. The van der Waals surface area contributed by atoms with E-state index < -0.39 is 17.9 Å². The van der Waals surface area contributed by atoms with Crippen LogP contribution in [-0.4, -0.2) is 24.3 Å². The third kappa shape index (κ3) is 3.67. The summed E-state index contributed by atoms with van der Waals surface area (Å²) in [7, 11) is 0. The van der Waals surface area contributed by atoms with Crippen LogP contribution in [0, 0.1) is 11.7 Å². The highest BCUT2D eigenvalue weighted by Crippen LogP contribution is 2.32. The highest BCUT2D eigenvalue weighted by Gasteiger charge is 2.26. The first-order chi connectivity index (χ1) is 9.11. The number of halogens is 1. The van der Waals surface area contributed by atoms with E-state index in [0.29, 0.717) is 18.3 Å². The number of esters is 1. The molecular weight excluding hydrogens is 251 g/mol. The Hall–Kier alpha value is -1.62. The summed E-state index contributed by atoms with van der Waals surface area (Å²) in [5.74, 6) is -0.479. The molecule has 1 fully saturated rings. The fraction of sp³-hybridized carbons (Fsp3) is 0.500. The summed E-state index contributed by atoms with van der Waals surface area (Å²) in [6.45, 7) is 2.32. The van der Waals surface area contributed by atoms with E-state index in [0.717, 1.165) is 18.9 Å². The summed E-state index contributed by atoms with van der Waals surface area (Å²) in [6, 6.07) is 3.77. The summed E-state index contributed by atoms with van der Waals surface area (Å²) >= 11 is 0. The number of carbonyl (C=O) groups is 1. The van der Waals surface area contributed by atoms with Crippen molar-refractivity contribution in [3.05, 3.63) is 29.6 Å². The van der Waals surface area contributed by atoms with Crippen LogP contribution in [0.15, 0.2) is 18.2 Å². The maximum absolute atomic E-state index is 13.2. The van der Waals surface area contributed by atoms with Gasteiger partial charge in [-0.2, -0.15) is 0 Å². The van der Waals surface area contributed by atoms with E-state index in [1.165, 1.54) is 12.1 Å². The molecule has 0 spiro atoms. The van der Waals surface area contributed by atoms with Crippen LogP contribution in [0.5, 0.6) is 5.75 Å². The number of carbonyl (C=O) groups excluding carboxylic acids is 1. The first kappa shape index (κ1) is 13.8. The number of benzene rings is 1. The average Bonchev–Trinajstić information content (AvgIpc) is 3.20. The fourth-order valence-corrected chi connectivity index (χ4v) is 1.70. The molecule has 4 nitrogen and oxygen atoms in total. The van der Waals surface area contributed by atoms with Crippen molar-refractivity contribution in [2.24, 2.45) is 5.92 Å². The van der Waals surface area contributed by atoms with Crippen molar-refractivity contribution in [3.63, 3.8) is 0 Å². The van der Waals surface area contributed by atoms with Crippen molar-refractivity contribution >= 4 is 5.97 Å². The molecule has 0 heterocycles. The van der Waals surface area contributed by atoms with Gasteiger partial charge in [-0.05, 0) is 43.9 Å². The maximum Gasteiger partial charge on any atom is 0.339 e. The third-order valence-corrected chi connectivity index (χ3v) is 2.95. The van der Waals surface area contributed by atoms with Gasteiger partial charge in [0.25, 0.3) is 0 Å². The normalized spacial score (nSPS) is 15.9. The molecule has 0 aliphatic heterocycles. The highest BCUT2D eigenvalue weighted by atomic mass is 19.1. The molecule has 2 rings (SSSR count). The van der Waals surface area contributed by atoms with E-state index in [2.05, 4.69) is 0 Å². The summed E-state index contributed by atoms with van der Waals surface area (Å²) < 4.78 is 23.5. The molecular formula is C14H17FO4. The number of hydrogen-bond acceptors (Lipinski definition) is 4. The molecule has 1 N–H and O–H groups in total. The second-order valence-electron chi connectivity index (χ2n) is 4.59. The zero-order valence-electron chi connectivity index (χ0n) is 10.8. The van der Waals surface area contributed by atoms with E-state index in [1.807, 2.05) is 0 Å². The molecule has 1 atom stereocenters. The predicted octanol–water partition coefficient (Wildman–Crippen LogP) is 2.21. The minimum absolute atomic E-state index is 0.110. The number of rotatable bonds is 6. The Bertz CT molecular complexity index is 457. The molecule has 1 aliphatic carbocycles. The Morgan fingerprint density at radius 2 is 2.26 bits per heavy atom. The number of ether oxygens (including phenoxy) is 2. The van der Waals surface area contributed by atoms with Gasteiger partial charge in [0.1, 0.15) is 11.6 Å². The molecule has 0 aromatic heterocycles. The Kier molecular flexibility index (Phi) is 4.37. The Balaban J connectivity index is 2.14. The van der Waals surface area contributed by atoms with Gasteiger partial charge in [-0.1, -0.05) is 0 Å². The standard InChI is InChI=1S/C14H17FO4/c1-2-18-14(17)13(16)11-7-10(15)5-6-12(11)19-8-9-3-4-9/h5-7,9,13,16H,2-4,8H2,1H3. The van der Waals surface area contributed by atoms with Crippen LogP contribution < -0.4 is 4.74 Å². The maximum atomic E-state index is 13.2. The molecule has 5 heteroatoms. The molecule has 104 valence electrons. The third-order valence-electron chi connectivity index (χ3n) is 2.95. The van der Waals surface area contributed by atoms with Crippen LogP contribution >= 0.6 is 0 Å². The summed E-state index contributed by atoms with van der Waals surface area (Å²) in [5, 5.41) is 9.89. The van der Waals surface area contributed by atoms with Crippen molar-refractivity contribution in [2.45, 2.75) is 25.9 Å². The second-order valence-corrected chi connectivity index (χ2v) is 4.59. The fourth-order valence-electron chi connectivity index (χ4n) is 1.70. The summed E-state index contributed by atoms with van der Waals surface area (Å²) in [5.41, 5.74) is 0.110. The number of aliphatic hydroxyl groups excluding tert-OH is 1. The first-order valence-electron chi connectivity index (χ1n) is 6.38. The summed E-state index contributed by atoms with van der Waals surface area (Å²) in [6.07, 6.45) is 0.721. The van der Waals surface area contributed by atoms with Gasteiger partial charge in [-0.15, -0.1) is 0 Å². The van der Waals surface area contributed by atoms with E-state index in [1.54, 1.807) is 6.92 Å². The SMILES string of the molecule is CCOC(=O)C(O)c1cc(F)ccc1OCC1CC1. The Morgan fingerprint density at radius 3 is 2.89 bits per heavy atom. The lowest BCUT2D eigenvalue weighted by molar-refractivity contribution is -0.153. The van der Waals surface area contributed by atoms with Gasteiger partial charge in [0.15, 0.2) is 6.10 Å². The zero-order chi connectivity index (χ0) is 13.8. The molecule has 1 aromatic rings. The quantitative estimate of drug-likeness (QED) is 0.804. The first-order valence-corrected chi connectivity index (χ1v) is 6.38. The van der Waals surface area contributed by atoms with Gasteiger partial charge in [0, 0.05) is 5.56 Å². The van der Waals surface area contributed by atoms with Gasteiger partial charge in [0.2, 0.25) is 0 Å². The van der Waals surface area contributed by atoms with Crippen LogP contribution in [0.4, 0.5) is 4.39 Å². The largest absolute Gasteiger partial charge is 0.493 e. The van der Waals surface area contributed by atoms with Gasteiger partial charge in [-0.3, -0.25) is 0 Å². The van der Waals surface area contributed by atoms with Crippen LogP contribution in [0.25, 0.3) is 0 Å². The van der Waals surface area contributed by atoms with E-state index >= 15 is 0 Å². The Morgan fingerprint density at radius 1 is 1.53 bits per heavy atom. The predicted molar refractivity (Wildman–Crippen MR) is 66.2 cm³/mol. The Labute approximate surface area is 111 Å². The number of hydrogen-bond donors (Lipinski definition) is 1. The van der Waals surface area contributed by atoms with Gasteiger partial charge >= 0.3 is 5.97 Å². The van der Waals surface area contributed by atoms with E-state index in [-0.39, 0.29) is 12.2 Å². The highest BCUT2D eigenvalue weighted by molar-refractivity contribution is 5.77. The molecule has 1 saturated carbocycles. The van der Waals surface area contributed by atoms with Crippen molar-refractivity contribution in [3.8, 4) is 5.75 Å². The van der Waals surface area contributed by atoms with Gasteiger partial charge in [0.05, 0.1) is 13.2 Å². The average molecular weight is 268 g/mol. The lowest BCUT2D eigenvalue weighted by Crippen LogP contribution is -2.17. The molecule has 1 aliphatic rings. The van der Waals surface area contributed by atoms with Crippen LogP contribution in [0.3, 0.4) is 0 Å². The minimum Gasteiger partial charge on any atom is -0.493 e. The van der Waals surface area contributed by atoms with Crippen LogP contribution in [0.2, 0.25) is 0 Å². The van der Waals surface area contributed by atoms with Gasteiger partial charge < -0.3 is 14.6 Å². The lowest BCUT2D eigenvalue weighted by atomic mass is 10.1. The van der Waals surface area contributed by atoms with Crippen molar-refractivity contribution in [1.82, 2.24) is 0 Å². The molecule has 1 unspecified atom stereocenters. The molecule has 0 amide bonds. The summed E-state index contributed by atoms with van der Waals surface area (Å²) in [4.78, 5) is 11.5. The second kappa shape index (κ2) is 6.02. The molecule has 0 bridgehead atoms. The molecule has 19 heavy (non-hydrogen) atoms. The van der Waals surface area contributed by atoms with Crippen LogP contribution in [0.1, 0.15) is 31.4 Å². The van der Waals surface area contributed by atoms with Crippen molar-refractivity contribution in [2.75, 3.05) is 13.2 Å². The van der Waals surface area contributed by atoms with E-state index in [9.17, 15) is 14.3 Å². The van der Waals surface area contributed by atoms with Crippen LogP contribution in [-0.2, 0) is 9.53 Å². The lowest BCUT2D eigenvalue weighted by Gasteiger charge is -2.15. The minimum atomic E-state index is -1.52. The van der Waals surface area contributed by atoms with Gasteiger partial charge in [-0.25, -0.2) is 9.18 Å².